The van der Waals surface area contributed by atoms with Crippen molar-refractivity contribution < 1.29 is 9.78 Å². The van der Waals surface area contributed by atoms with Crippen LogP contribution in [0.2, 0.25) is 0 Å². The molecular formula is C14H12N2O. The topological polar surface area (TPSA) is 39.3 Å². The molecule has 0 atom stereocenters. The maximum absolute atomic E-state index is 11.8. The average Bonchev–Trinajstić information content (AvgIpc) is 2.40. The molecule has 2 rings (SSSR count). The van der Waals surface area contributed by atoms with Crippen LogP contribution in [-0.4, -0.2) is 5.90 Å². The van der Waals surface area contributed by atoms with Crippen LogP contribution in [0.15, 0.2) is 66.5 Å². The van der Waals surface area contributed by atoms with Crippen LogP contribution in [-0.2, 0) is 0 Å². The summed E-state index contributed by atoms with van der Waals surface area (Å²) in [6.45, 7) is 3.66. The molecule has 17 heavy (non-hydrogen) atoms. The third-order valence-corrected chi connectivity index (χ3v) is 2.30. The normalized spacial score (nSPS) is 11.2. The summed E-state index contributed by atoms with van der Waals surface area (Å²) in [5.74, 6) is -0.267. The summed E-state index contributed by atoms with van der Waals surface area (Å²) < 4.78 is 1.49. The number of pyridine rings is 1. The van der Waals surface area contributed by atoms with Gasteiger partial charge in [0.25, 0.3) is 0 Å². The van der Waals surface area contributed by atoms with Crippen molar-refractivity contribution in [3.8, 4) is 0 Å². The molecule has 0 spiro atoms. The van der Waals surface area contributed by atoms with Gasteiger partial charge in [0, 0.05) is 12.1 Å². The van der Waals surface area contributed by atoms with Crippen molar-refractivity contribution in [2.75, 3.05) is 0 Å². The molecule has 0 fully saturated rings. The molecular weight excluding hydrogens is 212 g/mol. The Hall–Kier alpha value is -2.42. The second-order valence-electron chi connectivity index (χ2n) is 3.49. The number of aromatic nitrogens is 1. The lowest BCUT2D eigenvalue weighted by Crippen LogP contribution is -2.33. The quantitative estimate of drug-likeness (QED) is 0.438. The highest BCUT2D eigenvalue weighted by Gasteiger charge is 1.97. The number of rotatable bonds is 3. The van der Waals surface area contributed by atoms with E-state index in [0.29, 0.717) is 5.56 Å². The molecule has 0 unspecified atom stereocenters. The third kappa shape index (κ3) is 2.78. The van der Waals surface area contributed by atoms with E-state index in [4.69, 9.17) is 0 Å². The Kier molecular flexibility index (Phi) is 3.31. The third-order valence-electron chi connectivity index (χ3n) is 2.30. The Morgan fingerprint density at radius 3 is 2.35 bits per heavy atom. The van der Waals surface area contributed by atoms with Crippen LogP contribution in [0.25, 0.3) is 6.08 Å². The lowest BCUT2D eigenvalue weighted by atomic mass is 10.1. The number of benzene rings is 1. The smallest absolute Gasteiger partial charge is 0.202 e. The van der Waals surface area contributed by atoms with E-state index in [0.717, 1.165) is 5.56 Å². The molecule has 1 aromatic carbocycles. The Morgan fingerprint density at radius 1 is 1.12 bits per heavy atom. The standard InChI is InChI=1S/C14H12N2O/c1-2-12-6-8-13(9-7-12)14(17)15-16-10-4-3-5-11-16/h2-11H,1H2. The molecule has 2 aromatic rings. The molecule has 3 nitrogen and oxygen atoms in total. The number of nitrogens with zero attached hydrogens (tertiary/aromatic N) is 2. The van der Waals surface area contributed by atoms with Crippen molar-refractivity contribution in [2.45, 2.75) is 0 Å². The van der Waals surface area contributed by atoms with Crippen LogP contribution in [0.5, 0.6) is 0 Å². The fourth-order valence-electron chi connectivity index (χ4n) is 1.38. The van der Waals surface area contributed by atoms with Crippen molar-refractivity contribution in [1.29, 1.82) is 0 Å². The van der Waals surface area contributed by atoms with Gasteiger partial charge >= 0.3 is 0 Å². The van der Waals surface area contributed by atoms with Crippen LogP contribution >= 0.6 is 0 Å². The first kappa shape index (κ1) is 11.1. The van der Waals surface area contributed by atoms with Crippen molar-refractivity contribution >= 4 is 12.0 Å². The maximum Gasteiger partial charge on any atom is 0.202 e. The van der Waals surface area contributed by atoms with Gasteiger partial charge in [0.2, 0.25) is 12.4 Å². The van der Waals surface area contributed by atoms with Crippen molar-refractivity contribution in [3.63, 3.8) is 0 Å². The molecule has 0 aliphatic carbocycles. The van der Waals surface area contributed by atoms with E-state index in [9.17, 15) is 5.11 Å². The first-order chi connectivity index (χ1) is 8.29. The van der Waals surface area contributed by atoms with Crippen LogP contribution in [0.3, 0.4) is 0 Å². The van der Waals surface area contributed by atoms with Crippen molar-refractivity contribution in [2.24, 2.45) is 5.10 Å². The summed E-state index contributed by atoms with van der Waals surface area (Å²) in [7, 11) is 0. The molecule has 0 amide bonds. The van der Waals surface area contributed by atoms with E-state index in [2.05, 4.69) is 11.7 Å². The molecule has 0 radical (unpaired) electrons. The fraction of sp³-hybridized carbons (Fsp3) is 0. The lowest BCUT2D eigenvalue weighted by molar-refractivity contribution is -0.681. The number of hydrogen-bond acceptors (Lipinski definition) is 2. The van der Waals surface area contributed by atoms with E-state index in [1.54, 1.807) is 30.6 Å². The predicted octanol–water partition coefficient (Wildman–Crippen LogP) is 1.19. The summed E-state index contributed by atoms with van der Waals surface area (Å²) in [5, 5.41) is 15.7. The predicted molar refractivity (Wildman–Crippen MR) is 65.1 cm³/mol. The SMILES string of the molecule is C=Cc1ccc(/C([O-])=N/[n+]2ccccc2)cc1. The van der Waals surface area contributed by atoms with Gasteiger partial charge in [-0.2, -0.15) is 0 Å². The minimum absolute atomic E-state index is 0.267. The van der Waals surface area contributed by atoms with Gasteiger partial charge in [-0.1, -0.05) is 47.7 Å². The van der Waals surface area contributed by atoms with Gasteiger partial charge in [-0.05, 0) is 16.2 Å². The van der Waals surface area contributed by atoms with Gasteiger partial charge in [-0.15, -0.1) is 0 Å². The second-order valence-corrected chi connectivity index (χ2v) is 3.49. The van der Waals surface area contributed by atoms with Gasteiger partial charge < -0.3 is 5.11 Å². The molecule has 0 aliphatic heterocycles. The van der Waals surface area contributed by atoms with E-state index in [1.807, 2.05) is 30.3 Å². The first-order valence-corrected chi connectivity index (χ1v) is 5.25. The van der Waals surface area contributed by atoms with Crippen LogP contribution < -0.4 is 9.78 Å². The zero-order valence-corrected chi connectivity index (χ0v) is 9.28. The minimum Gasteiger partial charge on any atom is -0.854 e. The molecule has 0 N–H and O–H groups in total. The largest absolute Gasteiger partial charge is 0.854 e. The van der Waals surface area contributed by atoms with Gasteiger partial charge in [-0.25, -0.2) is 0 Å². The maximum atomic E-state index is 11.8. The highest BCUT2D eigenvalue weighted by atomic mass is 16.3. The fourth-order valence-corrected chi connectivity index (χ4v) is 1.38. The summed E-state index contributed by atoms with van der Waals surface area (Å²) in [6, 6.07) is 12.7. The monoisotopic (exact) mass is 224 g/mol. The van der Waals surface area contributed by atoms with Crippen molar-refractivity contribution in [1.82, 2.24) is 0 Å². The zero-order chi connectivity index (χ0) is 12.1. The lowest BCUT2D eigenvalue weighted by Gasteiger charge is -2.06. The molecule has 0 bridgehead atoms. The van der Waals surface area contributed by atoms with Crippen LogP contribution in [0.4, 0.5) is 0 Å². The van der Waals surface area contributed by atoms with E-state index in [1.165, 1.54) is 4.68 Å². The highest BCUT2D eigenvalue weighted by molar-refractivity contribution is 5.90. The first-order valence-electron chi connectivity index (χ1n) is 5.25. The zero-order valence-electron chi connectivity index (χ0n) is 9.28. The van der Waals surface area contributed by atoms with Gasteiger partial charge in [-0.3, -0.25) is 0 Å². The van der Waals surface area contributed by atoms with Crippen molar-refractivity contribution in [3.05, 3.63) is 72.6 Å². The molecule has 0 saturated heterocycles. The van der Waals surface area contributed by atoms with Crippen LogP contribution in [0.1, 0.15) is 11.1 Å². The van der Waals surface area contributed by atoms with Gasteiger partial charge in [0.05, 0.1) is 5.90 Å². The number of hydrogen-bond donors (Lipinski definition) is 0. The Morgan fingerprint density at radius 2 is 1.76 bits per heavy atom. The Labute approximate surface area is 100.0 Å². The average molecular weight is 224 g/mol. The molecule has 1 aromatic heterocycles. The molecule has 84 valence electrons. The van der Waals surface area contributed by atoms with Gasteiger partial charge in [0.1, 0.15) is 0 Å². The second kappa shape index (κ2) is 5.07. The summed E-state index contributed by atoms with van der Waals surface area (Å²) in [6.07, 6.45) is 5.17. The van der Waals surface area contributed by atoms with Gasteiger partial charge in [0.15, 0.2) is 0 Å². The summed E-state index contributed by atoms with van der Waals surface area (Å²) in [4.78, 5) is 0. The Balaban J connectivity index is 2.27. The summed E-state index contributed by atoms with van der Waals surface area (Å²) >= 11 is 0. The highest BCUT2D eigenvalue weighted by Crippen LogP contribution is 2.04. The van der Waals surface area contributed by atoms with E-state index < -0.39 is 0 Å². The molecule has 0 saturated carbocycles. The summed E-state index contributed by atoms with van der Waals surface area (Å²) in [5.41, 5.74) is 1.54. The molecule has 0 aliphatic rings. The van der Waals surface area contributed by atoms with E-state index in [-0.39, 0.29) is 5.90 Å². The van der Waals surface area contributed by atoms with Crippen LogP contribution in [0, 0.1) is 0 Å². The molecule has 3 heteroatoms. The Bertz CT molecular complexity index is 530. The van der Waals surface area contributed by atoms with E-state index >= 15 is 0 Å². The minimum atomic E-state index is -0.267. The molecule has 1 heterocycles.